The van der Waals surface area contributed by atoms with E-state index in [1.54, 1.807) is 0 Å². The molecule has 2 unspecified atom stereocenters. The van der Waals surface area contributed by atoms with Crippen LogP contribution in [0.25, 0.3) is 0 Å². The van der Waals surface area contributed by atoms with E-state index in [-0.39, 0.29) is 17.5 Å². The Morgan fingerprint density at radius 1 is 1.29 bits per heavy atom. The normalized spacial score (nSPS) is 22.5. The third-order valence-electron chi connectivity index (χ3n) is 5.65. The molecule has 1 saturated carbocycles. The predicted octanol–water partition coefficient (Wildman–Crippen LogP) is 5.50. The summed E-state index contributed by atoms with van der Waals surface area (Å²) in [6, 6.07) is 4.30. The Labute approximate surface area is 145 Å². The lowest BCUT2D eigenvalue weighted by Crippen LogP contribution is -2.22. The van der Waals surface area contributed by atoms with E-state index in [1.165, 1.54) is 38.2 Å². The summed E-state index contributed by atoms with van der Waals surface area (Å²) in [5, 5.41) is 0. The molecule has 0 N–H and O–H groups in total. The van der Waals surface area contributed by atoms with Crippen LogP contribution in [0, 0.1) is 0 Å². The second-order valence-electron chi connectivity index (χ2n) is 8.01. The smallest absolute Gasteiger partial charge is 0.308 e. The lowest BCUT2D eigenvalue weighted by molar-refractivity contribution is -0.131. The van der Waals surface area contributed by atoms with Gasteiger partial charge in [-0.25, -0.2) is 0 Å². The molecule has 0 bridgehead atoms. The van der Waals surface area contributed by atoms with Gasteiger partial charge in [-0.05, 0) is 48.8 Å². The van der Waals surface area contributed by atoms with E-state index in [9.17, 15) is 4.79 Å². The highest BCUT2D eigenvalue weighted by Gasteiger charge is 2.40. The summed E-state index contributed by atoms with van der Waals surface area (Å²) in [6.45, 7) is 8.24. The first kappa shape index (κ1) is 17.3. The lowest BCUT2D eigenvalue weighted by atomic mass is 9.78. The molecule has 0 amide bonds. The summed E-state index contributed by atoms with van der Waals surface area (Å²) in [6.07, 6.45) is 8.45. The quantitative estimate of drug-likeness (QED) is 0.528. The highest BCUT2D eigenvalue weighted by molar-refractivity contribution is 5.71. The molecule has 0 radical (unpaired) electrons. The van der Waals surface area contributed by atoms with E-state index in [0.29, 0.717) is 5.92 Å². The molecule has 1 fully saturated rings. The number of esters is 1. The lowest BCUT2D eigenvalue weighted by Gasteiger charge is -2.27. The Balaban J connectivity index is 2.01. The Morgan fingerprint density at radius 3 is 2.75 bits per heavy atom. The second kappa shape index (κ2) is 6.78. The average Bonchev–Trinajstić information content (AvgIpc) is 2.91. The molecule has 1 aliphatic heterocycles. The van der Waals surface area contributed by atoms with Crippen molar-refractivity contribution in [3.05, 3.63) is 23.3 Å². The number of hydrogen-bond acceptors (Lipinski definition) is 3. The van der Waals surface area contributed by atoms with Crippen LogP contribution >= 0.6 is 0 Å². The summed E-state index contributed by atoms with van der Waals surface area (Å²) < 4.78 is 11.9. The van der Waals surface area contributed by atoms with Gasteiger partial charge in [0, 0.05) is 18.4 Å². The van der Waals surface area contributed by atoms with E-state index in [2.05, 4.69) is 32.9 Å². The zero-order valence-corrected chi connectivity index (χ0v) is 15.5. The third kappa shape index (κ3) is 3.31. The van der Waals surface area contributed by atoms with Gasteiger partial charge >= 0.3 is 5.97 Å². The van der Waals surface area contributed by atoms with Crippen molar-refractivity contribution in [3.8, 4) is 11.5 Å². The van der Waals surface area contributed by atoms with Crippen LogP contribution in [-0.4, -0.2) is 12.1 Å². The SMILES string of the molecule is CCCCC(C)(C)c1cc(OC(C)=O)c2c(c1)OC1CCCCC21. The van der Waals surface area contributed by atoms with Crippen LogP contribution in [0.4, 0.5) is 0 Å². The van der Waals surface area contributed by atoms with Crippen molar-refractivity contribution in [1.29, 1.82) is 0 Å². The van der Waals surface area contributed by atoms with Gasteiger partial charge in [0.1, 0.15) is 17.6 Å². The Kier molecular flexibility index (Phi) is 4.89. The number of unbranched alkanes of at least 4 members (excludes halogenated alkanes) is 1. The molecule has 0 aromatic heterocycles. The van der Waals surface area contributed by atoms with Crippen molar-refractivity contribution < 1.29 is 14.3 Å². The highest BCUT2D eigenvalue weighted by atomic mass is 16.5. The summed E-state index contributed by atoms with van der Waals surface area (Å²) >= 11 is 0. The molecule has 0 saturated heterocycles. The van der Waals surface area contributed by atoms with E-state index < -0.39 is 0 Å². The topological polar surface area (TPSA) is 35.5 Å². The number of carbonyl (C=O) groups excluding carboxylic acids is 1. The van der Waals surface area contributed by atoms with E-state index in [0.717, 1.165) is 36.3 Å². The maximum Gasteiger partial charge on any atom is 0.308 e. The molecular formula is C21H30O3. The molecule has 2 atom stereocenters. The van der Waals surface area contributed by atoms with Crippen LogP contribution in [0.3, 0.4) is 0 Å². The van der Waals surface area contributed by atoms with Gasteiger partial charge in [-0.3, -0.25) is 4.79 Å². The van der Waals surface area contributed by atoms with E-state index in [4.69, 9.17) is 9.47 Å². The minimum absolute atomic E-state index is 0.0526. The van der Waals surface area contributed by atoms with Gasteiger partial charge in [-0.1, -0.05) is 40.0 Å². The van der Waals surface area contributed by atoms with Gasteiger partial charge in [-0.15, -0.1) is 0 Å². The standard InChI is InChI=1S/C21H30O3/c1-5-6-11-21(3,4)15-12-18(23-14(2)22)20-16-9-7-8-10-17(16)24-19(20)13-15/h12-13,16-17H,5-11H2,1-4H3. The first-order chi connectivity index (χ1) is 11.4. The zero-order valence-electron chi connectivity index (χ0n) is 15.5. The fourth-order valence-electron chi connectivity index (χ4n) is 4.19. The summed E-state index contributed by atoms with van der Waals surface area (Å²) in [7, 11) is 0. The van der Waals surface area contributed by atoms with Crippen molar-refractivity contribution in [1.82, 2.24) is 0 Å². The van der Waals surface area contributed by atoms with E-state index >= 15 is 0 Å². The number of benzene rings is 1. The van der Waals surface area contributed by atoms with Gasteiger partial charge in [0.15, 0.2) is 0 Å². The van der Waals surface area contributed by atoms with Gasteiger partial charge in [0.2, 0.25) is 0 Å². The van der Waals surface area contributed by atoms with Crippen LogP contribution < -0.4 is 9.47 Å². The zero-order chi connectivity index (χ0) is 17.3. The highest BCUT2D eigenvalue weighted by Crippen LogP contribution is 2.51. The maximum atomic E-state index is 11.6. The molecule has 2 aliphatic rings. The fraction of sp³-hybridized carbons (Fsp3) is 0.667. The number of carbonyl (C=O) groups is 1. The van der Waals surface area contributed by atoms with Crippen molar-refractivity contribution in [3.63, 3.8) is 0 Å². The van der Waals surface area contributed by atoms with Crippen LogP contribution in [0.2, 0.25) is 0 Å². The van der Waals surface area contributed by atoms with E-state index in [1.807, 2.05) is 0 Å². The minimum Gasteiger partial charge on any atom is -0.489 e. The van der Waals surface area contributed by atoms with Gasteiger partial charge in [0.05, 0.1) is 0 Å². The molecule has 1 aliphatic carbocycles. The Morgan fingerprint density at radius 2 is 2.04 bits per heavy atom. The molecule has 132 valence electrons. The van der Waals surface area contributed by atoms with Crippen LogP contribution in [-0.2, 0) is 10.2 Å². The first-order valence-corrected chi connectivity index (χ1v) is 9.46. The fourth-order valence-corrected chi connectivity index (χ4v) is 4.19. The van der Waals surface area contributed by atoms with Crippen molar-refractivity contribution in [2.24, 2.45) is 0 Å². The largest absolute Gasteiger partial charge is 0.489 e. The molecule has 1 heterocycles. The molecule has 3 heteroatoms. The first-order valence-electron chi connectivity index (χ1n) is 9.46. The molecular weight excluding hydrogens is 300 g/mol. The molecule has 24 heavy (non-hydrogen) atoms. The molecule has 3 nitrogen and oxygen atoms in total. The Bertz CT molecular complexity index is 618. The van der Waals surface area contributed by atoms with Crippen molar-refractivity contribution >= 4 is 5.97 Å². The second-order valence-corrected chi connectivity index (χ2v) is 8.01. The average molecular weight is 330 g/mol. The molecule has 3 rings (SSSR count). The number of ether oxygens (including phenoxy) is 2. The predicted molar refractivity (Wildman–Crippen MR) is 95.9 cm³/mol. The summed E-state index contributed by atoms with van der Waals surface area (Å²) in [4.78, 5) is 11.6. The molecule has 1 aromatic rings. The number of hydrogen-bond donors (Lipinski definition) is 0. The van der Waals surface area contributed by atoms with Crippen LogP contribution in [0.1, 0.15) is 89.7 Å². The third-order valence-corrected chi connectivity index (χ3v) is 5.65. The van der Waals surface area contributed by atoms with Crippen LogP contribution in [0.5, 0.6) is 11.5 Å². The summed E-state index contributed by atoms with van der Waals surface area (Å²) in [5.41, 5.74) is 2.39. The van der Waals surface area contributed by atoms with Gasteiger partial charge in [-0.2, -0.15) is 0 Å². The Hall–Kier alpha value is -1.51. The number of fused-ring (bicyclic) bond motifs is 3. The summed E-state index contributed by atoms with van der Waals surface area (Å²) in [5.74, 6) is 1.81. The van der Waals surface area contributed by atoms with Gasteiger partial charge < -0.3 is 9.47 Å². The number of rotatable bonds is 5. The minimum atomic E-state index is -0.250. The maximum absolute atomic E-state index is 11.6. The monoisotopic (exact) mass is 330 g/mol. The van der Waals surface area contributed by atoms with Crippen molar-refractivity contribution in [2.45, 2.75) is 90.1 Å². The van der Waals surface area contributed by atoms with Crippen molar-refractivity contribution in [2.75, 3.05) is 0 Å². The molecule has 1 aromatic carbocycles. The van der Waals surface area contributed by atoms with Gasteiger partial charge in [0.25, 0.3) is 0 Å². The molecule has 0 spiro atoms. The van der Waals surface area contributed by atoms with Crippen LogP contribution in [0.15, 0.2) is 12.1 Å².